The topological polar surface area (TPSA) is 94.7 Å². The van der Waals surface area contributed by atoms with Gasteiger partial charge in [-0.2, -0.15) is 0 Å². The molecule has 2 fully saturated rings. The zero-order chi connectivity index (χ0) is 16.6. The van der Waals surface area contributed by atoms with Gasteiger partial charge in [-0.05, 0) is 12.5 Å². The molecule has 0 bridgehead atoms. The Hall–Kier alpha value is -2.45. The molecule has 0 atom stereocenters. The maximum atomic E-state index is 11.3. The Bertz CT molecular complexity index is 710. The SMILES string of the molecule is O=C(NO)c1cnc(N2CCC3(CN(Cc4ccoc4)C3)C2)nc1. The minimum Gasteiger partial charge on any atom is -0.472 e. The summed E-state index contributed by atoms with van der Waals surface area (Å²) in [5.41, 5.74) is 3.34. The summed E-state index contributed by atoms with van der Waals surface area (Å²) in [5.74, 6) is 0.0305. The molecule has 8 nitrogen and oxygen atoms in total. The number of hydrogen-bond donors (Lipinski definition) is 2. The maximum Gasteiger partial charge on any atom is 0.277 e. The van der Waals surface area contributed by atoms with E-state index in [9.17, 15) is 4.79 Å². The first-order valence-corrected chi connectivity index (χ1v) is 7.92. The van der Waals surface area contributed by atoms with Crippen molar-refractivity contribution in [2.75, 3.05) is 31.1 Å². The number of rotatable bonds is 4. The summed E-state index contributed by atoms with van der Waals surface area (Å²) in [7, 11) is 0. The maximum absolute atomic E-state index is 11.3. The summed E-state index contributed by atoms with van der Waals surface area (Å²) in [6.45, 7) is 4.92. The number of nitrogens with one attached hydrogen (secondary N) is 1. The Kier molecular flexibility index (Phi) is 3.70. The molecular weight excluding hydrogens is 310 g/mol. The zero-order valence-electron chi connectivity index (χ0n) is 13.2. The second-order valence-corrected chi connectivity index (χ2v) is 6.66. The fourth-order valence-electron chi connectivity index (χ4n) is 3.69. The van der Waals surface area contributed by atoms with Crippen molar-refractivity contribution in [1.29, 1.82) is 0 Å². The van der Waals surface area contributed by atoms with Gasteiger partial charge in [0.05, 0.1) is 18.1 Å². The molecule has 24 heavy (non-hydrogen) atoms. The minimum atomic E-state index is -0.603. The molecule has 0 saturated carbocycles. The number of likely N-dealkylation sites (tertiary alicyclic amines) is 1. The number of hydrogen-bond acceptors (Lipinski definition) is 7. The predicted molar refractivity (Wildman–Crippen MR) is 84.5 cm³/mol. The minimum absolute atomic E-state index is 0.241. The predicted octanol–water partition coefficient (Wildman–Crippen LogP) is 0.901. The van der Waals surface area contributed by atoms with Crippen LogP contribution in [0.5, 0.6) is 0 Å². The second kappa shape index (κ2) is 5.88. The lowest BCUT2D eigenvalue weighted by atomic mass is 9.79. The lowest BCUT2D eigenvalue weighted by Gasteiger charge is -2.48. The lowest BCUT2D eigenvalue weighted by Crippen LogP contribution is -2.56. The molecule has 1 spiro atoms. The van der Waals surface area contributed by atoms with Crippen molar-refractivity contribution in [3.63, 3.8) is 0 Å². The highest BCUT2D eigenvalue weighted by Crippen LogP contribution is 2.40. The molecule has 0 unspecified atom stereocenters. The number of furan rings is 1. The molecule has 2 N–H and O–H groups in total. The summed E-state index contributed by atoms with van der Waals surface area (Å²) < 4.78 is 5.11. The van der Waals surface area contributed by atoms with E-state index in [1.54, 1.807) is 18.0 Å². The van der Waals surface area contributed by atoms with E-state index in [2.05, 4.69) is 19.8 Å². The van der Waals surface area contributed by atoms with Gasteiger partial charge in [-0.1, -0.05) is 0 Å². The monoisotopic (exact) mass is 329 g/mol. The van der Waals surface area contributed by atoms with E-state index in [0.29, 0.717) is 11.4 Å². The third-order valence-electron chi connectivity index (χ3n) is 4.83. The fraction of sp³-hybridized carbons (Fsp3) is 0.438. The average molecular weight is 329 g/mol. The molecule has 1 amide bonds. The van der Waals surface area contributed by atoms with Crippen LogP contribution < -0.4 is 10.4 Å². The highest BCUT2D eigenvalue weighted by Gasteiger charge is 2.47. The highest BCUT2D eigenvalue weighted by molar-refractivity contribution is 5.92. The van der Waals surface area contributed by atoms with Crippen LogP contribution in [0.15, 0.2) is 35.4 Å². The first-order chi connectivity index (χ1) is 11.7. The molecule has 4 rings (SSSR count). The number of nitrogens with zero attached hydrogens (tertiary/aromatic N) is 4. The van der Waals surface area contributed by atoms with Crippen molar-refractivity contribution in [2.24, 2.45) is 5.41 Å². The third-order valence-corrected chi connectivity index (χ3v) is 4.83. The number of anilines is 1. The van der Waals surface area contributed by atoms with Crippen LogP contribution in [0.2, 0.25) is 0 Å². The van der Waals surface area contributed by atoms with Gasteiger partial charge in [0.25, 0.3) is 5.91 Å². The van der Waals surface area contributed by atoms with E-state index in [0.717, 1.165) is 39.1 Å². The van der Waals surface area contributed by atoms with Gasteiger partial charge in [0.1, 0.15) is 0 Å². The summed E-state index contributed by atoms with van der Waals surface area (Å²) in [6, 6.07) is 2.00. The number of carbonyl (C=O) groups excluding carboxylic acids is 1. The highest BCUT2D eigenvalue weighted by atomic mass is 16.5. The third kappa shape index (κ3) is 2.74. The Morgan fingerprint density at radius 2 is 2.12 bits per heavy atom. The molecule has 2 aromatic heterocycles. The van der Waals surface area contributed by atoms with Gasteiger partial charge in [-0.3, -0.25) is 14.9 Å². The largest absolute Gasteiger partial charge is 0.472 e. The van der Waals surface area contributed by atoms with E-state index in [1.165, 1.54) is 18.0 Å². The van der Waals surface area contributed by atoms with Crippen molar-refractivity contribution in [2.45, 2.75) is 13.0 Å². The average Bonchev–Trinajstić information content (AvgIpc) is 3.24. The first-order valence-electron chi connectivity index (χ1n) is 7.92. The van der Waals surface area contributed by atoms with Crippen LogP contribution in [-0.2, 0) is 6.54 Å². The fourth-order valence-corrected chi connectivity index (χ4v) is 3.69. The summed E-state index contributed by atoms with van der Waals surface area (Å²) in [6.07, 6.45) is 7.50. The molecule has 4 heterocycles. The van der Waals surface area contributed by atoms with E-state index in [-0.39, 0.29) is 5.56 Å². The van der Waals surface area contributed by atoms with Crippen LogP contribution in [0, 0.1) is 5.41 Å². The van der Waals surface area contributed by atoms with Crippen LogP contribution in [-0.4, -0.2) is 52.2 Å². The van der Waals surface area contributed by atoms with Crippen molar-refractivity contribution in [3.05, 3.63) is 42.1 Å². The quantitative estimate of drug-likeness (QED) is 0.635. The summed E-state index contributed by atoms with van der Waals surface area (Å²) >= 11 is 0. The van der Waals surface area contributed by atoms with E-state index < -0.39 is 5.91 Å². The molecule has 0 aromatic carbocycles. The van der Waals surface area contributed by atoms with Crippen molar-refractivity contribution in [1.82, 2.24) is 20.3 Å². The van der Waals surface area contributed by atoms with Crippen molar-refractivity contribution in [3.8, 4) is 0 Å². The van der Waals surface area contributed by atoms with Crippen LogP contribution in [0.1, 0.15) is 22.3 Å². The van der Waals surface area contributed by atoms with Gasteiger partial charge in [0.15, 0.2) is 0 Å². The number of hydroxylamine groups is 1. The van der Waals surface area contributed by atoms with E-state index >= 15 is 0 Å². The number of aromatic nitrogens is 2. The van der Waals surface area contributed by atoms with Crippen LogP contribution >= 0.6 is 0 Å². The molecule has 2 saturated heterocycles. The van der Waals surface area contributed by atoms with Crippen LogP contribution in [0.4, 0.5) is 5.95 Å². The first kappa shape index (κ1) is 15.1. The molecule has 2 aliphatic rings. The normalized spacial score (nSPS) is 19.5. The zero-order valence-corrected chi connectivity index (χ0v) is 13.2. The molecule has 8 heteroatoms. The molecule has 126 valence electrons. The van der Waals surface area contributed by atoms with Crippen molar-refractivity contribution < 1.29 is 14.4 Å². The molecule has 2 aromatic rings. The lowest BCUT2D eigenvalue weighted by molar-refractivity contribution is 0.0115. The Balaban J connectivity index is 1.34. The summed E-state index contributed by atoms with van der Waals surface area (Å²) in [4.78, 5) is 24.4. The van der Waals surface area contributed by atoms with E-state index in [1.807, 2.05) is 6.07 Å². The van der Waals surface area contributed by atoms with Crippen LogP contribution in [0.25, 0.3) is 0 Å². The molecular formula is C16H19N5O3. The van der Waals surface area contributed by atoms with Gasteiger partial charge in [-0.25, -0.2) is 15.4 Å². The smallest absolute Gasteiger partial charge is 0.277 e. The van der Waals surface area contributed by atoms with Gasteiger partial charge in [0, 0.05) is 56.1 Å². The van der Waals surface area contributed by atoms with Gasteiger partial charge in [-0.15, -0.1) is 0 Å². The Morgan fingerprint density at radius 1 is 1.33 bits per heavy atom. The molecule has 2 aliphatic heterocycles. The standard InChI is InChI=1S/C16H19N5O3/c22-14(19-23)13-5-17-15(18-6-13)21-3-2-16(11-21)9-20(10-16)7-12-1-4-24-8-12/h1,4-6,8,23H,2-3,7,9-11H2,(H,19,22). The molecule has 0 aliphatic carbocycles. The van der Waals surface area contributed by atoms with Gasteiger partial charge >= 0.3 is 0 Å². The van der Waals surface area contributed by atoms with Crippen molar-refractivity contribution >= 4 is 11.9 Å². The number of carbonyl (C=O) groups is 1. The van der Waals surface area contributed by atoms with Gasteiger partial charge in [0.2, 0.25) is 5.95 Å². The molecule has 0 radical (unpaired) electrons. The Labute approximate surface area is 139 Å². The van der Waals surface area contributed by atoms with Crippen LogP contribution in [0.3, 0.4) is 0 Å². The number of amides is 1. The summed E-state index contributed by atoms with van der Waals surface area (Å²) in [5, 5.41) is 8.62. The Morgan fingerprint density at radius 3 is 2.79 bits per heavy atom. The van der Waals surface area contributed by atoms with E-state index in [4.69, 9.17) is 9.62 Å². The van der Waals surface area contributed by atoms with Gasteiger partial charge < -0.3 is 9.32 Å². The second-order valence-electron chi connectivity index (χ2n) is 6.66.